The Morgan fingerprint density at radius 2 is 2.15 bits per heavy atom. The van der Waals surface area contributed by atoms with Crippen LogP contribution in [0.2, 0.25) is 0 Å². The monoisotopic (exact) mass is 336 g/mol. The Hall–Kier alpha value is -0.710. The molecule has 20 heavy (non-hydrogen) atoms. The van der Waals surface area contributed by atoms with Gasteiger partial charge in [-0.1, -0.05) is 35.0 Å². The van der Waals surface area contributed by atoms with Crippen molar-refractivity contribution in [3.8, 4) is 0 Å². The lowest BCUT2D eigenvalue weighted by Gasteiger charge is -2.05. The van der Waals surface area contributed by atoms with E-state index >= 15 is 0 Å². The van der Waals surface area contributed by atoms with E-state index in [1.165, 1.54) is 24.8 Å². The van der Waals surface area contributed by atoms with E-state index in [1.807, 2.05) is 6.21 Å². The minimum Gasteiger partial charge on any atom is -0.353 e. The van der Waals surface area contributed by atoms with Crippen molar-refractivity contribution in [1.29, 1.82) is 0 Å². The minimum absolute atomic E-state index is 0.305. The van der Waals surface area contributed by atoms with E-state index in [9.17, 15) is 0 Å². The van der Waals surface area contributed by atoms with Crippen LogP contribution in [0.25, 0.3) is 0 Å². The minimum atomic E-state index is 0.305. The van der Waals surface area contributed by atoms with E-state index in [4.69, 9.17) is 9.73 Å². The normalized spacial score (nSPS) is 32.9. The summed E-state index contributed by atoms with van der Waals surface area (Å²) in [6.07, 6.45) is 6.35. The second kappa shape index (κ2) is 6.37. The number of likely N-dealkylation sites (N-methyl/N-ethyl adjacent to an activating group) is 1. The molecule has 0 aromatic heterocycles. The van der Waals surface area contributed by atoms with Gasteiger partial charge >= 0.3 is 0 Å². The fourth-order valence-electron chi connectivity index (χ4n) is 3.01. The molecule has 4 unspecified atom stereocenters. The highest BCUT2D eigenvalue weighted by atomic mass is 79.9. The van der Waals surface area contributed by atoms with Crippen LogP contribution in [0.3, 0.4) is 0 Å². The number of rotatable bonds is 5. The van der Waals surface area contributed by atoms with Crippen molar-refractivity contribution in [2.24, 2.45) is 10.9 Å². The van der Waals surface area contributed by atoms with E-state index in [-0.39, 0.29) is 0 Å². The van der Waals surface area contributed by atoms with Crippen molar-refractivity contribution in [1.82, 2.24) is 5.32 Å². The predicted octanol–water partition coefficient (Wildman–Crippen LogP) is 3.37. The summed E-state index contributed by atoms with van der Waals surface area (Å²) in [5, 5.41) is 3.36. The van der Waals surface area contributed by atoms with Gasteiger partial charge in [-0.15, -0.1) is 0 Å². The van der Waals surface area contributed by atoms with Gasteiger partial charge in [0.1, 0.15) is 12.3 Å². The Balaban J connectivity index is 1.49. The standard InChI is InChI=1S/C16H21BrN2O/c1-2-18-16-15(20-16)12-5-8-14(9-12)19-10-11-3-6-13(17)7-4-11/h3-4,6-7,10,12,14-16,18H,2,5,8-9H2,1H3. The number of hydrogen-bond donors (Lipinski definition) is 1. The van der Waals surface area contributed by atoms with Crippen LogP contribution in [0, 0.1) is 5.92 Å². The lowest BCUT2D eigenvalue weighted by Crippen LogP contribution is -2.21. The zero-order valence-electron chi connectivity index (χ0n) is 11.8. The third-order valence-electron chi connectivity index (χ3n) is 4.15. The number of benzene rings is 1. The Bertz CT molecular complexity index is 474. The van der Waals surface area contributed by atoms with E-state index in [0.29, 0.717) is 24.3 Å². The molecule has 1 aromatic rings. The molecule has 3 nitrogen and oxygen atoms in total. The molecule has 108 valence electrons. The molecule has 0 amide bonds. The Morgan fingerprint density at radius 1 is 1.35 bits per heavy atom. The van der Waals surface area contributed by atoms with Gasteiger partial charge in [-0.05, 0) is 49.4 Å². The van der Waals surface area contributed by atoms with Crippen molar-refractivity contribution in [3.63, 3.8) is 0 Å². The highest BCUT2D eigenvalue weighted by Gasteiger charge is 2.46. The first-order valence-corrected chi connectivity index (χ1v) is 8.23. The molecule has 0 bridgehead atoms. The molecule has 4 atom stereocenters. The molecule has 2 fully saturated rings. The molecule has 1 N–H and O–H groups in total. The molecule has 3 rings (SSSR count). The summed E-state index contributed by atoms with van der Waals surface area (Å²) in [5.41, 5.74) is 1.17. The molecule has 4 heteroatoms. The first-order chi connectivity index (χ1) is 9.76. The van der Waals surface area contributed by atoms with Crippen LogP contribution in [0.1, 0.15) is 31.7 Å². The number of ether oxygens (including phenoxy) is 1. The Kier molecular flexibility index (Phi) is 4.54. The van der Waals surface area contributed by atoms with Crippen LogP contribution in [0.15, 0.2) is 33.7 Å². The number of epoxide rings is 1. The fraction of sp³-hybridized carbons (Fsp3) is 0.562. The van der Waals surface area contributed by atoms with Crippen LogP contribution < -0.4 is 5.32 Å². The van der Waals surface area contributed by atoms with E-state index in [0.717, 1.165) is 11.0 Å². The number of nitrogens with zero attached hydrogens (tertiary/aromatic N) is 1. The van der Waals surface area contributed by atoms with Gasteiger partial charge in [0.2, 0.25) is 0 Å². The average Bonchev–Trinajstić information content (AvgIpc) is 3.06. The van der Waals surface area contributed by atoms with Crippen LogP contribution in [0.4, 0.5) is 0 Å². The molecule has 1 aliphatic heterocycles. The maximum Gasteiger partial charge on any atom is 0.135 e. The van der Waals surface area contributed by atoms with Crippen molar-refractivity contribution in [2.45, 2.75) is 44.6 Å². The molecule has 0 radical (unpaired) electrons. The molecule has 1 aromatic carbocycles. The van der Waals surface area contributed by atoms with Crippen molar-refractivity contribution in [2.75, 3.05) is 6.54 Å². The van der Waals surface area contributed by atoms with Crippen molar-refractivity contribution in [3.05, 3.63) is 34.3 Å². The zero-order valence-corrected chi connectivity index (χ0v) is 13.3. The topological polar surface area (TPSA) is 36.9 Å². The summed E-state index contributed by atoms with van der Waals surface area (Å²) in [7, 11) is 0. The van der Waals surface area contributed by atoms with E-state index in [2.05, 4.69) is 52.4 Å². The lowest BCUT2D eigenvalue weighted by atomic mass is 10.0. The van der Waals surface area contributed by atoms with Gasteiger partial charge in [-0.3, -0.25) is 10.3 Å². The Labute approximate surface area is 128 Å². The first-order valence-electron chi connectivity index (χ1n) is 7.44. The van der Waals surface area contributed by atoms with Gasteiger partial charge in [0.25, 0.3) is 0 Å². The number of halogens is 1. The lowest BCUT2D eigenvalue weighted by molar-refractivity contribution is 0.306. The summed E-state index contributed by atoms with van der Waals surface area (Å²) in [6, 6.07) is 8.75. The van der Waals surface area contributed by atoms with Gasteiger partial charge in [0.15, 0.2) is 0 Å². The quantitative estimate of drug-likeness (QED) is 0.661. The highest BCUT2D eigenvalue weighted by molar-refractivity contribution is 9.10. The molecule has 1 saturated heterocycles. The predicted molar refractivity (Wildman–Crippen MR) is 85.2 cm³/mol. The van der Waals surface area contributed by atoms with E-state index in [1.54, 1.807) is 0 Å². The maximum atomic E-state index is 5.70. The summed E-state index contributed by atoms with van der Waals surface area (Å²) in [4.78, 5) is 4.74. The molecule has 0 spiro atoms. The second-order valence-electron chi connectivity index (χ2n) is 5.64. The third kappa shape index (κ3) is 3.48. The summed E-state index contributed by atoms with van der Waals surface area (Å²) in [6.45, 7) is 3.11. The van der Waals surface area contributed by atoms with Gasteiger partial charge < -0.3 is 4.74 Å². The molecule has 2 aliphatic rings. The molecule has 1 heterocycles. The van der Waals surface area contributed by atoms with Gasteiger partial charge in [-0.2, -0.15) is 0 Å². The molecule has 1 saturated carbocycles. The SMILES string of the molecule is CCNC1OC1C1CCC(N=Cc2ccc(Br)cc2)C1. The third-order valence-corrected chi connectivity index (χ3v) is 4.67. The zero-order chi connectivity index (χ0) is 13.9. The largest absolute Gasteiger partial charge is 0.353 e. The number of nitrogens with one attached hydrogen (secondary N) is 1. The van der Waals surface area contributed by atoms with E-state index < -0.39 is 0 Å². The van der Waals surface area contributed by atoms with Crippen LogP contribution >= 0.6 is 15.9 Å². The van der Waals surface area contributed by atoms with Gasteiger partial charge in [-0.25, -0.2) is 0 Å². The van der Waals surface area contributed by atoms with Gasteiger partial charge in [0, 0.05) is 10.7 Å². The summed E-state index contributed by atoms with van der Waals surface area (Å²) < 4.78 is 6.80. The van der Waals surface area contributed by atoms with Crippen molar-refractivity contribution < 1.29 is 4.74 Å². The Morgan fingerprint density at radius 3 is 2.90 bits per heavy atom. The fourth-order valence-corrected chi connectivity index (χ4v) is 3.28. The molecular weight excluding hydrogens is 316 g/mol. The number of hydrogen-bond acceptors (Lipinski definition) is 3. The average molecular weight is 337 g/mol. The smallest absolute Gasteiger partial charge is 0.135 e. The second-order valence-corrected chi connectivity index (χ2v) is 6.55. The summed E-state index contributed by atoms with van der Waals surface area (Å²) in [5.74, 6) is 0.686. The highest BCUT2D eigenvalue weighted by Crippen LogP contribution is 2.39. The first kappa shape index (κ1) is 14.2. The number of aliphatic imine (C=N–C) groups is 1. The van der Waals surface area contributed by atoms with Crippen LogP contribution in [0.5, 0.6) is 0 Å². The van der Waals surface area contributed by atoms with Crippen LogP contribution in [-0.2, 0) is 4.74 Å². The maximum absolute atomic E-state index is 5.70. The molecular formula is C16H21BrN2O. The van der Waals surface area contributed by atoms with Gasteiger partial charge in [0.05, 0.1) is 6.04 Å². The molecule has 1 aliphatic carbocycles. The van der Waals surface area contributed by atoms with Crippen molar-refractivity contribution >= 4 is 22.1 Å². The summed E-state index contributed by atoms with van der Waals surface area (Å²) >= 11 is 3.45. The van der Waals surface area contributed by atoms with Crippen LogP contribution in [-0.4, -0.2) is 31.1 Å².